The molecule has 21 heavy (non-hydrogen) atoms. The molecule has 0 atom stereocenters. The quantitative estimate of drug-likeness (QED) is 0.611. The lowest BCUT2D eigenvalue weighted by atomic mass is 10.4. The van der Waals surface area contributed by atoms with Crippen LogP contribution < -0.4 is 14.6 Å². The highest BCUT2D eigenvalue weighted by atomic mass is 19.4. The van der Waals surface area contributed by atoms with E-state index in [4.69, 9.17) is 9.90 Å². The van der Waals surface area contributed by atoms with Crippen molar-refractivity contribution in [1.29, 1.82) is 0 Å². The summed E-state index contributed by atoms with van der Waals surface area (Å²) in [5, 5.41) is 8.78. The van der Waals surface area contributed by atoms with E-state index in [1.807, 2.05) is 14.1 Å². The Bertz CT molecular complexity index is 506. The van der Waals surface area contributed by atoms with Gasteiger partial charge in [-0.25, -0.2) is 0 Å². The van der Waals surface area contributed by atoms with Crippen molar-refractivity contribution in [2.45, 2.75) is 6.18 Å². The van der Waals surface area contributed by atoms with Gasteiger partial charge in [0, 0.05) is 31.9 Å². The SMILES string of the molecule is CN(C)c1cc[n+](C(F)=C(F)F)cc1.O=C([O-])C(F)(F)F. The number of aromatic nitrogens is 1. The van der Waals surface area contributed by atoms with Gasteiger partial charge in [-0.3, -0.25) is 0 Å². The smallest absolute Gasteiger partial charge is 0.431 e. The summed E-state index contributed by atoms with van der Waals surface area (Å²) in [6.07, 6.45) is -5.04. The van der Waals surface area contributed by atoms with E-state index in [9.17, 15) is 26.3 Å². The lowest BCUT2D eigenvalue weighted by molar-refractivity contribution is -0.595. The lowest BCUT2D eigenvalue weighted by Gasteiger charge is -2.09. The molecule has 10 heteroatoms. The number of carboxylic acid groups (broad SMARTS) is 1. The molecule has 1 aromatic rings. The van der Waals surface area contributed by atoms with E-state index in [1.54, 1.807) is 17.0 Å². The standard InChI is InChI=1S/C9H10F3N2.C2HF3O2/c1-13(2)7-3-5-14(6-4-7)9(12)8(10)11;3-2(4,5)1(6)7/h3-6H,1-2H3;(H,6,7)/q+1;/p-1. The van der Waals surface area contributed by atoms with E-state index in [2.05, 4.69) is 0 Å². The number of halogens is 6. The van der Waals surface area contributed by atoms with Gasteiger partial charge in [-0.2, -0.15) is 22.0 Å². The molecule has 1 aromatic heterocycles. The van der Waals surface area contributed by atoms with Crippen molar-refractivity contribution in [2.75, 3.05) is 19.0 Å². The van der Waals surface area contributed by atoms with Gasteiger partial charge < -0.3 is 14.8 Å². The average molecular weight is 316 g/mol. The van der Waals surface area contributed by atoms with Gasteiger partial charge in [-0.1, -0.05) is 0 Å². The first-order chi connectivity index (χ1) is 9.46. The molecule has 0 N–H and O–H groups in total. The maximum atomic E-state index is 12.7. The second kappa shape index (κ2) is 7.50. The van der Waals surface area contributed by atoms with Crippen LogP contribution in [0.5, 0.6) is 0 Å². The molecule has 0 radical (unpaired) electrons. The number of carbonyl (C=O) groups excluding carboxylic acids is 1. The average Bonchev–Trinajstić information content (AvgIpc) is 2.37. The molecular weight excluding hydrogens is 306 g/mol. The number of hydrogen-bond acceptors (Lipinski definition) is 3. The molecule has 0 aromatic carbocycles. The lowest BCUT2D eigenvalue weighted by Crippen LogP contribution is -2.37. The number of hydrogen-bond donors (Lipinski definition) is 0. The summed E-state index contributed by atoms with van der Waals surface area (Å²) >= 11 is 0. The summed E-state index contributed by atoms with van der Waals surface area (Å²) in [6, 6.07) is 3.09. The van der Waals surface area contributed by atoms with Crippen LogP contribution >= 0.6 is 0 Å². The molecule has 0 unspecified atom stereocenters. The van der Waals surface area contributed by atoms with Gasteiger partial charge in [0.15, 0.2) is 12.4 Å². The van der Waals surface area contributed by atoms with Crippen molar-refractivity contribution in [2.24, 2.45) is 0 Å². The summed E-state index contributed by atoms with van der Waals surface area (Å²) in [4.78, 5) is 10.6. The van der Waals surface area contributed by atoms with E-state index >= 15 is 0 Å². The predicted molar refractivity (Wildman–Crippen MR) is 58.6 cm³/mol. The third-order valence-corrected chi connectivity index (χ3v) is 1.94. The van der Waals surface area contributed by atoms with Crippen molar-refractivity contribution in [3.05, 3.63) is 30.6 Å². The van der Waals surface area contributed by atoms with E-state index in [0.717, 1.165) is 10.3 Å². The predicted octanol–water partition coefficient (Wildman–Crippen LogP) is 1.33. The van der Waals surface area contributed by atoms with Crippen LogP contribution in [0.3, 0.4) is 0 Å². The Morgan fingerprint density at radius 1 is 1.14 bits per heavy atom. The van der Waals surface area contributed by atoms with E-state index in [1.165, 1.54) is 12.4 Å². The summed E-state index contributed by atoms with van der Waals surface area (Å²) in [7, 11) is 3.61. The van der Waals surface area contributed by atoms with Crippen LogP contribution in [0.15, 0.2) is 30.6 Å². The van der Waals surface area contributed by atoms with Crippen LogP contribution in [-0.2, 0) is 4.79 Å². The number of pyridine rings is 1. The van der Waals surface area contributed by atoms with Gasteiger partial charge in [0.1, 0.15) is 5.97 Å². The zero-order valence-electron chi connectivity index (χ0n) is 10.8. The molecule has 118 valence electrons. The zero-order valence-corrected chi connectivity index (χ0v) is 10.8. The normalized spacial score (nSPS) is 10.3. The van der Waals surface area contributed by atoms with Crippen LogP contribution in [0.2, 0.25) is 0 Å². The first-order valence-electron chi connectivity index (χ1n) is 5.14. The summed E-state index contributed by atoms with van der Waals surface area (Å²) in [5.41, 5.74) is 0.813. The third-order valence-electron chi connectivity index (χ3n) is 1.94. The number of alkyl halides is 3. The summed E-state index contributed by atoms with van der Waals surface area (Å²) in [6.45, 7) is 0. The Morgan fingerprint density at radius 2 is 1.52 bits per heavy atom. The fourth-order valence-electron chi connectivity index (χ4n) is 0.945. The molecule has 0 aliphatic rings. The molecule has 0 bridgehead atoms. The first kappa shape index (κ1) is 18.7. The number of aliphatic carboxylic acids is 1. The Kier molecular flexibility index (Phi) is 6.70. The van der Waals surface area contributed by atoms with Gasteiger partial charge in [0.25, 0.3) is 0 Å². The highest BCUT2D eigenvalue weighted by molar-refractivity contribution is 5.70. The van der Waals surface area contributed by atoms with Crippen LogP contribution in [0.25, 0.3) is 5.95 Å². The first-order valence-corrected chi connectivity index (χ1v) is 5.14. The molecule has 0 saturated carbocycles. The molecule has 0 saturated heterocycles. The highest BCUT2D eigenvalue weighted by Gasteiger charge is 2.28. The molecule has 0 spiro atoms. The molecule has 4 nitrogen and oxygen atoms in total. The minimum Gasteiger partial charge on any atom is -0.542 e. The molecule has 1 heterocycles. The molecule has 0 aliphatic carbocycles. The third kappa shape index (κ3) is 6.63. The summed E-state index contributed by atoms with van der Waals surface area (Å²) in [5.74, 6) is -4.55. The van der Waals surface area contributed by atoms with E-state index < -0.39 is 24.2 Å². The van der Waals surface area contributed by atoms with Gasteiger partial charge in [-0.15, -0.1) is 8.96 Å². The van der Waals surface area contributed by atoms with Gasteiger partial charge in [0.05, 0.1) is 0 Å². The second-order valence-electron chi connectivity index (χ2n) is 3.69. The fourth-order valence-corrected chi connectivity index (χ4v) is 0.945. The second-order valence-corrected chi connectivity index (χ2v) is 3.69. The zero-order chi connectivity index (χ0) is 16.8. The molecule has 0 aliphatic heterocycles. The van der Waals surface area contributed by atoms with Crippen molar-refractivity contribution >= 4 is 17.6 Å². The summed E-state index contributed by atoms with van der Waals surface area (Å²) < 4.78 is 68.6. The van der Waals surface area contributed by atoms with Crippen LogP contribution in [-0.4, -0.2) is 26.2 Å². The Morgan fingerprint density at radius 3 is 1.76 bits per heavy atom. The molecule has 1 rings (SSSR count). The van der Waals surface area contributed by atoms with Crippen molar-refractivity contribution in [3.63, 3.8) is 0 Å². The fraction of sp³-hybridized carbons (Fsp3) is 0.273. The van der Waals surface area contributed by atoms with Gasteiger partial charge >= 0.3 is 18.2 Å². The number of nitrogens with zero attached hydrogens (tertiary/aromatic N) is 2. The minimum atomic E-state index is -5.19. The van der Waals surface area contributed by atoms with Crippen molar-refractivity contribution in [1.82, 2.24) is 0 Å². The Hall–Kier alpha value is -2.26. The maximum Gasteiger partial charge on any atom is 0.431 e. The van der Waals surface area contributed by atoms with Gasteiger partial charge in [0.2, 0.25) is 0 Å². The number of carboxylic acids is 1. The van der Waals surface area contributed by atoms with Crippen LogP contribution in [0.1, 0.15) is 0 Å². The molecular formula is C11H10F6N2O2. The minimum absolute atomic E-state index is 0.725. The monoisotopic (exact) mass is 316 g/mol. The molecule has 0 amide bonds. The Labute approximate surface area is 115 Å². The topological polar surface area (TPSA) is 47.2 Å². The number of anilines is 1. The van der Waals surface area contributed by atoms with Crippen LogP contribution in [0, 0.1) is 0 Å². The van der Waals surface area contributed by atoms with Crippen molar-refractivity contribution in [3.8, 4) is 0 Å². The molecule has 0 fully saturated rings. The van der Waals surface area contributed by atoms with Gasteiger partial charge in [-0.05, 0) is 0 Å². The van der Waals surface area contributed by atoms with E-state index in [-0.39, 0.29) is 0 Å². The van der Waals surface area contributed by atoms with Crippen molar-refractivity contribution < 1.29 is 40.8 Å². The highest BCUT2D eigenvalue weighted by Crippen LogP contribution is 2.12. The van der Waals surface area contributed by atoms with E-state index in [0.29, 0.717) is 0 Å². The maximum absolute atomic E-state index is 12.7. The largest absolute Gasteiger partial charge is 0.542 e. The Balaban J connectivity index is 0.000000486. The number of rotatable bonds is 2. The van der Waals surface area contributed by atoms with Crippen LogP contribution in [0.4, 0.5) is 32.0 Å². The number of carbonyl (C=O) groups is 1.